The second kappa shape index (κ2) is 9.10. The molecule has 174 valence electrons. The van der Waals surface area contributed by atoms with E-state index in [1.54, 1.807) is 0 Å². The molecule has 4 rings (SSSR count). The van der Waals surface area contributed by atoms with Crippen LogP contribution in [0.3, 0.4) is 0 Å². The first-order valence-corrected chi connectivity index (χ1v) is 11.0. The molecule has 4 amide bonds. The van der Waals surface area contributed by atoms with Crippen molar-refractivity contribution in [2.24, 2.45) is 0 Å². The van der Waals surface area contributed by atoms with Gasteiger partial charge in [0.1, 0.15) is 21.7 Å². The van der Waals surface area contributed by atoms with Crippen molar-refractivity contribution in [3.05, 3.63) is 57.6 Å². The van der Waals surface area contributed by atoms with Crippen molar-refractivity contribution in [3.63, 3.8) is 0 Å². The lowest BCUT2D eigenvalue weighted by molar-refractivity contribution is -0.147. The van der Waals surface area contributed by atoms with Crippen LogP contribution in [0.4, 0.5) is 8.78 Å². The zero-order valence-electron chi connectivity index (χ0n) is 18.6. The van der Waals surface area contributed by atoms with Crippen molar-refractivity contribution in [1.29, 1.82) is 0 Å². The highest BCUT2D eigenvalue weighted by Gasteiger charge is 2.49. The van der Waals surface area contributed by atoms with Crippen molar-refractivity contribution in [3.8, 4) is 0 Å². The highest BCUT2D eigenvalue weighted by Crippen LogP contribution is 2.36. The maximum atomic E-state index is 14.6. The van der Waals surface area contributed by atoms with Crippen molar-refractivity contribution in [2.75, 3.05) is 0 Å². The first-order chi connectivity index (χ1) is 16.8. The van der Waals surface area contributed by atoms with E-state index < -0.39 is 53.0 Å². The Hall–Kier alpha value is -3.07. The van der Waals surface area contributed by atoms with Crippen LogP contribution in [0.1, 0.15) is 39.9 Å². The van der Waals surface area contributed by atoms with Gasteiger partial charge in [-0.2, -0.15) is 8.78 Å². The third-order valence-electron chi connectivity index (χ3n) is 6.17. The van der Waals surface area contributed by atoms with Gasteiger partial charge in [-0.3, -0.25) is 24.5 Å². The number of carbonyl (C=O) groups is 4. The molecule has 0 aliphatic carbocycles. The summed E-state index contributed by atoms with van der Waals surface area (Å²) in [6.07, 6.45) is -0.0697. The van der Waals surface area contributed by atoms with E-state index in [2.05, 4.69) is 10.6 Å². The minimum absolute atomic E-state index is 0.0248. The Morgan fingerprint density at radius 2 is 1.83 bits per heavy atom. The van der Waals surface area contributed by atoms with Gasteiger partial charge in [0.05, 0.1) is 15.7 Å². The quantitative estimate of drug-likeness (QED) is 0.408. The fourth-order valence-electron chi connectivity index (χ4n) is 4.38. The Labute approximate surface area is 215 Å². The van der Waals surface area contributed by atoms with Crippen LogP contribution in [-0.4, -0.2) is 66.0 Å². The zero-order chi connectivity index (χ0) is 26.6. The largest absolute Gasteiger partial charge is 0.349 e. The summed E-state index contributed by atoms with van der Waals surface area (Å²) in [6.45, 7) is -0.492. The van der Waals surface area contributed by atoms with E-state index in [-0.39, 0.29) is 45.5 Å². The number of nitrogens with zero attached hydrogens (tertiary/aromatic N) is 1. The number of hydrogen-bond acceptors (Lipinski definition) is 4. The van der Waals surface area contributed by atoms with Gasteiger partial charge in [0.15, 0.2) is 0 Å². The minimum Gasteiger partial charge on any atom is -0.346 e. The molecule has 2 N–H and O–H groups in total. The highest BCUT2D eigenvalue weighted by atomic mass is 35.5. The van der Waals surface area contributed by atoms with Crippen molar-refractivity contribution in [2.45, 2.75) is 36.7 Å². The van der Waals surface area contributed by atoms with Crippen LogP contribution in [0.15, 0.2) is 30.3 Å². The molecule has 8 radical (unpaired) electrons. The molecule has 1 atom stereocenters. The molecule has 0 aromatic heterocycles. The molecule has 36 heavy (non-hydrogen) atoms. The van der Waals surface area contributed by atoms with E-state index in [4.69, 9.17) is 43.0 Å². The molecule has 0 saturated carbocycles. The molecule has 2 aromatic carbocycles. The molecule has 1 unspecified atom stereocenters. The monoisotopic (exact) mass is 501 g/mol. The summed E-state index contributed by atoms with van der Waals surface area (Å²) in [5.74, 6) is -7.55. The lowest BCUT2D eigenvalue weighted by atomic mass is 9.54. The number of amides is 4. The molecule has 14 heteroatoms. The molecular formula is C22H14B4ClF2N3O4. The highest BCUT2D eigenvalue weighted by molar-refractivity contribution is 6.49. The van der Waals surface area contributed by atoms with E-state index in [0.29, 0.717) is 0 Å². The number of imide groups is 1. The van der Waals surface area contributed by atoms with Crippen LogP contribution < -0.4 is 21.6 Å². The number of rotatable bonds is 5. The van der Waals surface area contributed by atoms with Crippen LogP contribution in [0, 0.1) is 0 Å². The number of halogens is 3. The molecule has 2 aromatic rings. The average molecular weight is 501 g/mol. The van der Waals surface area contributed by atoms with Gasteiger partial charge in [0.2, 0.25) is 11.8 Å². The lowest BCUT2D eigenvalue weighted by Gasteiger charge is -2.41. The summed E-state index contributed by atoms with van der Waals surface area (Å²) in [6, 6.07) is 4.57. The van der Waals surface area contributed by atoms with Gasteiger partial charge in [-0.25, -0.2) is 0 Å². The number of nitrogens with one attached hydrogen (secondary N) is 2. The van der Waals surface area contributed by atoms with Crippen LogP contribution in [0.2, 0.25) is 5.02 Å². The maximum Gasteiger partial charge on any atom is 0.349 e. The second-order valence-corrected chi connectivity index (χ2v) is 8.96. The van der Waals surface area contributed by atoms with Gasteiger partial charge < -0.3 is 10.2 Å². The third kappa shape index (κ3) is 4.23. The number of alkyl halides is 2. The Balaban J connectivity index is 1.62. The summed E-state index contributed by atoms with van der Waals surface area (Å²) in [7, 11) is 24.8. The van der Waals surface area contributed by atoms with Crippen molar-refractivity contribution >= 4 is 77.5 Å². The molecule has 1 saturated heterocycles. The average Bonchev–Trinajstić information content (AvgIpc) is 3.01. The Bertz CT molecular complexity index is 1310. The molecular weight excluding hydrogens is 487 g/mol. The predicted molar refractivity (Wildman–Crippen MR) is 130 cm³/mol. The summed E-state index contributed by atoms with van der Waals surface area (Å²) >= 11 is 5.71. The van der Waals surface area contributed by atoms with E-state index in [1.807, 2.05) is 0 Å². The molecule has 1 fully saturated rings. The van der Waals surface area contributed by atoms with Gasteiger partial charge in [-0.05, 0) is 35.0 Å². The summed E-state index contributed by atoms with van der Waals surface area (Å²) in [4.78, 5) is 50.3. The molecule has 2 heterocycles. The van der Waals surface area contributed by atoms with Crippen LogP contribution in [0.5, 0.6) is 0 Å². The topological polar surface area (TPSA) is 95.6 Å². The fraction of sp³-hybridized carbons (Fsp3) is 0.273. The SMILES string of the molecule is [B]c1cc(CNC(=O)C(F)(F)c2ccc(Cl)cc2)c([B])c2c1C(=O)N(C1CCC(=O)NC1=O)C2([B])[B]. The summed E-state index contributed by atoms with van der Waals surface area (Å²) < 4.78 is 29.2. The van der Waals surface area contributed by atoms with E-state index in [0.717, 1.165) is 17.0 Å². The Morgan fingerprint density at radius 1 is 1.19 bits per heavy atom. The summed E-state index contributed by atoms with van der Waals surface area (Å²) in [5.41, 5.74) is -1.06. The smallest absolute Gasteiger partial charge is 0.346 e. The molecule has 0 bridgehead atoms. The van der Waals surface area contributed by atoms with Crippen LogP contribution >= 0.6 is 11.6 Å². The van der Waals surface area contributed by atoms with Gasteiger partial charge >= 0.3 is 5.92 Å². The van der Waals surface area contributed by atoms with E-state index in [9.17, 15) is 28.0 Å². The van der Waals surface area contributed by atoms with Crippen LogP contribution in [-0.2, 0) is 32.2 Å². The molecule has 0 spiro atoms. The fourth-order valence-corrected chi connectivity index (χ4v) is 4.51. The van der Waals surface area contributed by atoms with Gasteiger partial charge in [0.25, 0.3) is 11.8 Å². The second-order valence-electron chi connectivity index (χ2n) is 8.52. The standard InChI is InChI=1S/C22H14B4ClF2N3O4/c23-12-7-9(8-30-20(36)21(28,29)10-1-3-11(27)4-2-10)17(24)16-15(12)19(35)32(22(16,25)26)13-5-6-14(33)31-18(13)34/h1-4,7,13H,5-6,8H2,(H,30,36)(H,31,33,34). The van der Waals surface area contributed by atoms with E-state index in [1.165, 1.54) is 18.2 Å². The Morgan fingerprint density at radius 3 is 2.44 bits per heavy atom. The maximum absolute atomic E-state index is 14.6. The van der Waals surface area contributed by atoms with Crippen molar-refractivity contribution < 1.29 is 28.0 Å². The normalized spacial score (nSPS) is 19.1. The number of hydrogen-bond donors (Lipinski definition) is 2. The Kier molecular flexibility index (Phi) is 6.58. The number of carbonyl (C=O) groups excluding carboxylic acids is 4. The van der Waals surface area contributed by atoms with Crippen molar-refractivity contribution in [1.82, 2.24) is 15.5 Å². The molecule has 2 aliphatic heterocycles. The number of fused-ring (bicyclic) bond motifs is 1. The zero-order valence-corrected chi connectivity index (χ0v) is 19.4. The number of benzene rings is 2. The van der Waals surface area contributed by atoms with Gasteiger partial charge in [-0.1, -0.05) is 40.7 Å². The van der Waals surface area contributed by atoms with Gasteiger partial charge in [0, 0.05) is 29.1 Å². The predicted octanol–water partition coefficient (Wildman–Crippen LogP) is -0.956. The first kappa shape index (κ1) is 26.0. The van der Waals surface area contributed by atoms with E-state index >= 15 is 0 Å². The molecule has 2 aliphatic rings. The number of piperidine rings is 1. The molecule has 7 nitrogen and oxygen atoms in total. The van der Waals surface area contributed by atoms with Crippen LogP contribution in [0.25, 0.3) is 0 Å². The minimum atomic E-state index is -3.88. The summed E-state index contributed by atoms with van der Waals surface area (Å²) in [5, 5.41) is 2.34. The lowest BCUT2D eigenvalue weighted by Crippen LogP contribution is -2.59. The third-order valence-corrected chi connectivity index (χ3v) is 6.42. The van der Waals surface area contributed by atoms with Gasteiger partial charge in [-0.15, -0.1) is 0 Å². The first-order valence-electron chi connectivity index (χ1n) is 10.6.